The van der Waals surface area contributed by atoms with Crippen LogP contribution in [0.4, 0.5) is 0 Å². The molecule has 0 amide bonds. The Morgan fingerprint density at radius 1 is 1.19 bits per heavy atom. The van der Waals surface area contributed by atoms with Crippen LogP contribution >= 0.6 is 24.0 Å². The van der Waals surface area contributed by atoms with Gasteiger partial charge in [0.2, 0.25) is 0 Å². The largest absolute Gasteiger partial charge is 0.383 e. The smallest absolute Gasteiger partial charge is 0.191 e. The molecule has 26 heavy (non-hydrogen) atoms. The summed E-state index contributed by atoms with van der Waals surface area (Å²) in [4.78, 5) is 9.40. The molecule has 0 aromatic carbocycles. The number of halogens is 1. The Balaban J connectivity index is 0.00000625. The number of rotatable bonds is 10. The normalized spacial score (nSPS) is 17.0. The zero-order chi connectivity index (χ0) is 18.7. The van der Waals surface area contributed by atoms with Crippen molar-refractivity contribution in [3.63, 3.8) is 0 Å². The molecule has 0 aliphatic carbocycles. The van der Waals surface area contributed by atoms with Crippen LogP contribution in [0.3, 0.4) is 0 Å². The molecule has 6 nitrogen and oxygen atoms in total. The summed E-state index contributed by atoms with van der Waals surface area (Å²) in [6.07, 6.45) is 3.46. The lowest BCUT2D eigenvalue weighted by Gasteiger charge is -2.33. The summed E-state index contributed by atoms with van der Waals surface area (Å²) in [7, 11) is 3.63. The first-order chi connectivity index (χ1) is 12.0. The zero-order valence-corrected chi connectivity index (χ0v) is 20.1. The van der Waals surface area contributed by atoms with Crippen molar-refractivity contribution in [3.05, 3.63) is 0 Å². The Morgan fingerprint density at radius 2 is 1.81 bits per heavy atom. The minimum Gasteiger partial charge on any atom is -0.383 e. The van der Waals surface area contributed by atoms with E-state index in [0.29, 0.717) is 18.1 Å². The summed E-state index contributed by atoms with van der Waals surface area (Å²) < 4.78 is 5.16. The summed E-state index contributed by atoms with van der Waals surface area (Å²) in [5.74, 6) is 0.941. The Bertz CT molecular complexity index is 363. The van der Waals surface area contributed by atoms with Gasteiger partial charge in [0.05, 0.1) is 6.61 Å². The summed E-state index contributed by atoms with van der Waals surface area (Å²) in [6, 6.07) is 1.72. The summed E-state index contributed by atoms with van der Waals surface area (Å²) >= 11 is 0. The second-order valence-corrected chi connectivity index (χ2v) is 7.53. The second-order valence-electron chi connectivity index (χ2n) is 7.53. The van der Waals surface area contributed by atoms with Gasteiger partial charge in [-0.3, -0.25) is 9.89 Å². The Hall–Kier alpha value is -0.120. The number of aliphatic imine (C=N–C) groups is 1. The lowest BCUT2D eigenvalue weighted by atomic mass is 10.1. The number of hydrogen-bond acceptors (Lipinski definition) is 4. The zero-order valence-electron chi connectivity index (χ0n) is 17.8. The van der Waals surface area contributed by atoms with E-state index in [1.165, 1.54) is 12.8 Å². The molecule has 0 aromatic heterocycles. The van der Waals surface area contributed by atoms with E-state index < -0.39 is 0 Å². The van der Waals surface area contributed by atoms with Crippen LogP contribution in [0.1, 0.15) is 47.0 Å². The molecular weight excluding hydrogens is 441 g/mol. The molecule has 0 radical (unpaired) electrons. The van der Waals surface area contributed by atoms with Crippen molar-refractivity contribution in [2.45, 2.75) is 65.1 Å². The molecule has 1 fully saturated rings. The van der Waals surface area contributed by atoms with E-state index in [4.69, 9.17) is 4.74 Å². The first-order valence-electron chi connectivity index (χ1n) is 9.92. The first-order valence-corrected chi connectivity index (χ1v) is 9.92. The number of likely N-dealkylation sites (tertiary alicyclic amines) is 1. The van der Waals surface area contributed by atoms with E-state index in [1.54, 1.807) is 7.11 Å². The average molecular weight is 483 g/mol. The molecule has 1 aliphatic rings. The Kier molecular flexibility index (Phi) is 14.8. The molecule has 1 aliphatic heterocycles. The maximum Gasteiger partial charge on any atom is 0.191 e. The number of methoxy groups -OCH3 is 1. The highest BCUT2D eigenvalue weighted by atomic mass is 127. The van der Waals surface area contributed by atoms with Gasteiger partial charge in [0, 0.05) is 65.0 Å². The molecule has 2 N–H and O–H groups in total. The molecule has 0 spiro atoms. The third-order valence-corrected chi connectivity index (χ3v) is 4.98. The van der Waals surface area contributed by atoms with Crippen LogP contribution in [0, 0.1) is 0 Å². The topological polar surface area (TPSA) is 52.1 Å². The Labute approximate surface area is 178 Å². The fraction of sp³-hybridized carbons (Fsp3) is 0.947. The third kappa shape index (κ3) is 10.3. The van der Waals surface area contributed by atoms with Crippen molar-refractivity contribution in [2.75, 3.05) is 53.5 Å². The van der Waals surface area contributed by atoms with Gasteiger partial charge in [0.25, 0.3) is 0 Å². The van der Waals surface area contributed by atoms with Crippen LogP contribution in [-0.2, 0) is 4.74 Å². The highest BCUT2D eigenvalue weighted by Gasteiger charge is 2.19. The Morgan fingerprint density at radius 3 is 2.31 bits per heavy atom. The molecule has 0 unspecified atom stereocenters. The highest BCUT2D eigenvalue weighted by Crippen LogP contribution is 2.10. The summed E-state index contributed by atoms with van der Waals surface area (Å²) in [5, 5.41) is 7.06. The molecule has 0 atom stereocenters. The molecular formula is C19H42IN5O. The second kappa shape index (κ2) is 14.9. The van der Waals surface area contributed by atoms with Gasteiger partial charge in [-0.15, -0.1) is 24.0 Å². The van der Waals surface area contributed by atoms with Gasteiger partial charge in [-0.2, -0.15) is 0 Å². The van der Waals surface area contributed by atoms with Crippen molar-refractivity contribution in [2.24, 2.45) is 4.99 Å². The monoisotopic (exact) mass is 483 g/mol. The van der Waals surface area contributed by atoms with Gasteiger partial charge in [0.1, 0.15) is 0 Å². The first kappa shape index (κ1) is 25.9. The number of piperidine rings is 1. The minimum absolute atomic E-state index is 0. The van der Waals surface area contributed by atoms with Crippen LogP contribution in [0.5, 0.6) is 0 Å². The third-order valence-electron chi connectivity index (χ3n) is 4.98. The molecule has 1 rings (SSSR count). The molecule has 0 bridgehead atoms. The van der Waals surface area contributed by atoms with Gasteiger partial charge in [-0.1, -0.05) is 0 Å². The van der Waals surface area contributed by atoms with Gasteiger partial charge < -0.3 is 20.3 Å². The van der Waals surface area contributed by atoms with E-state index in [0.717, 1.165) is 51.7 Å². The minimum atomic E-state index is 0. The highest BCUT2D eigenvalue weighted by molar-refractivity contribution is 14.0. The molecule has 156 valence electrons. The molecule has 1 saturated heterocycles. The standard InChI is InChI=1S/C19H41N5O.HI/c1-16(2)24(17(3)4)11-7-10-21-19(20-5)22-18-8-12-23(13-9-18)14-15-25-6;/h16-18H,7-15H2,1-6H3,(H2,20,21,22);1H. The predicted octanol–water partition coefficient (Wildman–Crippen LogP) is 2.39. The lowest BCUT2D eigenvalue weighted by Crippen LogP contribution is -2.49. The van der Waals surface area contributed by atoms with Gasteiger partial charge in [-0.25, -0.2) is 0 Å². The number of hydrogen-bond donors (Lipinski definition) is 2. The molecule has 0 saturated carbocycles. The molecule has 1 heterocycles. The quantitative estimate of drug-likeness (QED) is 0.216. The number of guanidine groups is 1. The van der Waals surface area contributed by atoms with Crippen molar-refractivity contribution in [3.8, 4) is 0 Å². The fourth-order valence-corrected chi connectivity index (χ4v) is 3.49. The lowest BCUT2D eigenvalue weighted by molar-refractivity contribution is 0.128. The van der Waals surface area contributed by atoms with Crippen LogP contribution in [0.25, 0.3) is 0 Å². The van der Waals surface area contributed by atoms with Gasteiger partial charge >= 0.3 is 0 Å². The predicted molar refractivity (Wildman–Crippen MR) is 123 cm³/mol. The van der Waals surface area contributed by atoms with Gasteiger partial charge in [0.15, 0.2) is 5.96 Å². The number of nitrogens with zero attached hydrogens (tertiary/aromatic N) is 3. The van der Waals surface area contributed by atoms with Crippen molar-refractivity contribution < 1.29 is 4.74 Å². The maximum atomic E-state index is 5.16. The number of ether oxygens (including phenoxy) is 1. The van der Waals surface area contributed by atoms with Crippen molar-refractivity contribution in [1.29, 1.82) is 0 Å². The SMILES string of the molecule is CN=C(NCCCN(C(C)C)C(C)C)NC1CCN(CCOC)CC1.I. The van der Waals surface area contributed by atoms with Crippen molar-refractivity contribution >= 4 is 29.9 Å². The van der Waals surface area contributed by atoms with Crippen LogP contribution < -0.4 is 10.6 Å². The van der Waals surface area contributed by atoms with Crippen molar-refractivity contribution in [1.82, 2.24) is 20.4 Å². The van der Waals surface area contributed by atoms with E-state index in [2.05, 4.69) is 53.1 Å². The van der Waals surface area contributed by atoms with E-state index in [-0.39, 0.29) is 24.0 Å². The van der Waals surface area contributed by atoms with Crippen LogP contribution in [-0.4, -0.2) is 87.4 Å². The van der Waals surface area contributed by atoms with Crippen LogP contribution in [0.2, 0.25) is 0 Å². The van der Waals surface area contributed by atoms with Gasteiger partial charge in [-0.05, 0) is 47.0 Å². The maximum absolute atomic E-state index is 5.16. The van der Waals surface area contributed by atoms with E-state index in [9.17, 15) is 0 Å². The van der Waals surface area contributed by atoms with Crippen LogP contribution in [0.15, 0.2) is 4.99 Å². The summed E-state index contributed by atoms with van der Waals surface area (Å²) in [6.45, 7) is 15.3. The fourth-order valence-electron chi connectivity index (χ4n) is 3.49. The average Bonchev–Trinajstić information content (AvgIpc) is 2.59. The molecule has 7 heteroatoms. The summed E-state index contributed by atoms with van der Waals surface area (Å²) in [5.41, 5.74) is 0. The molecule has 0 aromatic rings. The van der Waals surface area contributed by atoms with E-state index >= 15 is 0 Å². The van der Waals surface area contributed by atoms with E-state index in [1.807, 2.05) is 7.05 Å². The number of nitrogens with one attached hydrogen (secondary N) is 2.